The lowest BCUT2D eigenvalue weighted by molar-refractivity contribution is 0.118. The van der Waals surface area contributed by atoms with Gasteiger partial charge >= 0.3 is 0 Å². The Kier molecular flexibility index (Phi) is 1.99. The summed E-state index contributed by atoms with van der Waals surface area (Å²) < 4.78 is 0. The fraction of sp³-hybridized carbons (Fsp3) is 1.00. The summed E-state index contributed by atoms with van der Waals surface area (Å²) in [6.07, 6.45) is 0.0556. The summed E-state index contributed by atoms with van der Waals surface area (Å²) in [5.74, 6) is 0. The van der Waals surface area contributed by atoms with Crippen molar-refractivity contribution in [2.75, 3.05) is 13.1 Å². The van der Waals surface area contributed by atoms with Gasteiger partial charge in [0, 0.05) is 18.6 Å². The topological polar surface area (TPSA) is 41.3 Å². The van der Waals surface area contributed by atoms with Crippen molar-refractivity contribution in [1.29, 1.82) is 0 Å². The number of nitrogens with one attached hydrogen (secondary N) is 1. The van der Waals surface area contributed by atoms with Crippen LogP contribution in [0, 0.1) is 0 Å². The molecule has 3 heteroatoms. The zero-order chi connectivity index (χ0) is 7.78. The maximum absolute atomic E-state index is 5.78. The van der Waals surface area contributed by atoms with Crippen molar-refractivity contribution in [1.82, 2.24) is 10.2 Å². The predicted molar refractivity (Wildman–Crippen MR) is 42.4 cm³/mol. The van der Waals surface area contributed by atoms with Crippen molar-refractivity contribution in [3.05, 3.63) is 0 Å². The van der Waals surface area contributed by atoms with Crippen LogP contribution in [0.4, 0.5) is 0 Å². The Morgan fingerprint density at radius 1 is 1.50 bits per heavy atom. The van der Waals surface area contributed by atoms with Crippen molar-refractivity contribution in [2.45, 2.75) is 32.6 Å². The van der Waals surface area contributed by atoms with E-state index in [-0.39, 0.29) is 11.8 Å². The van der Waals surface area contributed by atoms with E-state index < -0.39 is 0 Å². The van der Waals surface area contributed by atoms with Crippen LogP contribution in [0.1, 0.15) is 20.8 Å². The lowest BCUT2D eigenvalue weighted by Crippen LogP contribution is -2.52. The van der Waals surface area contributed by atoms with Crippen molar-refractivity contribution in [2.24, 2.45) is 5.73 Å². The largest absolute Gasteiger partial charge is 0.303 e. The molecule has 1 rings (SSSR count). The molecule has 1 atom stereocenters. The summed E-state index contributed by atoms with van der Waals surface area (Å²) >= 11 is 0. The number of nitrogens with zero attached hydrogens (tertiary/aromatic N) is 1. The van der Waals surface area contributed by atoms with Crippen LogP contribution in [0.25, 0.3) is 0 Å². The minimum Gasteiger partial charge on any atom is -0.303 e. The van der Waals surface area contributed by atoms with Gasteiger partial charge in [0.05, 0.1) is 0 Å². The first kappa shape index (κ1) is 7.98. The van der Waals surface area contributed by atoms with E-state index in [0.29, 0.717) is 0 Å². The third-order valence-corrected chi connectivity index (χ3v) is 1.90. The van der Waals surface area contributed by atoms with Crippen LogP contribution >= 0.6 is 0 Å². The van der Waals surface area contributed by atoms with Crippen LogP contribution in [-0.2, 0) is 0 Å². The molecule has 10 heavy (non-hydrogen) atoms. The SMILES string of the molecule is CC(C)(C)N1CCNC1N. The average molecular weight is 143 g/mol. The fourth-order valence-corrected chi connectivity index (χ4v) is 1.33. The third-order valence-electron chi connectivity index (χ3n) is 1.90. The first-order valence-electron chi connectivity index (χ1n) is 3.77. The minimum atomic E-state index is 0.0556. The Bertz CT molecular complexity index is 117. The predicted octanol–water partition coefficient (Wildman–Crippen LogP) is -0.0676. The van der Waals surface area contributed by atoms with Crippen LogP contribution < -0.4 is 11.1 Å². The molecule has 0 spiro atoms. The Morgan fingerprint density at radius 2 is 2.10 bits per heavy atom. The van der Waals surface area contributed by atoms with Gasteiger partial charge in [-0.15, -0.1) is 0 Å². The molecule has 60 valence electrons. The first-order valence-corrected chi connectivity index (χ1v) is 3.77. The van der Waals surface area contributed by atoms with Gasteiger partial charge in [-0.1, -0.05) is 0 Å². The van der Waals surface area contributed by atoms with Gasteiger partial charge in [0.25, 0.3) is 0 Å². The molecule has 0 aromatic rings. The van der Waals surface area contributed by atoms with E-state index >= 15 is 0 Å². The van der Waals surface area contributed by atoms with Crippen molar-refractivity contribution in [3.8, 4) is 0 Å². The molecule has 0 saturated carbocycles. The van der Waals surface area contributed by atoms with Crippen LogP contribution in [0.15, 0.2) is 0 Å². The van der Waals surface area contributed by atoms with Gasteiger partial charge in [0.1, 0.15) is 6.29 Å². The lowest BCUT2D eigenvalue weighted by Gasteiger charge is -2.34. The molecule has 1 unspecified atom stereocenters. The molecular formula is C7H17N3. The fourth-order valence-electron chi connectivity index (χ4n) is 1.33. The van der Waals surface area contributed by atoms with Crippen molar-refractivity contribution >= 4 is 0 Å². The number of nitrogens with two attached hydrogens (primary N) is 1. The van der Waals surface area contributed by atoms with E-state index in [0.717, 1.165) is 13.1 Å². The average Bonchev–Trinajstić information content (AvgIpc) is 2.11. The summed E-state index contributed by atoms with van der Waals surface area (Å²) in [6.45, 7) is 8.61. The van der Waals surface area contributed by atoms with Gasteiger partial charge in [0.2, 0.25) is 0 Å². The van der Waals surface area contributed by atoms with Crippen LogP contribution in [0.2, 0.25) is 0 Å². The zero-order valence-corrected chi connectivity index (χ0v) is 7.02. The quantitative estimate of drug-likeness (QED) is 0.499. The molecule has 1 fully saturated rings. The van der Waals surface area contributed by atoms with E-state index in [4.69, 9.17) is 5.73 Å². The molecule has 1 heterocycles. The molecule has 1 aliphatic heterocycles. The number of hydrogen-bond acceptors (Lipinski definition) is 3. The van der Waals surface area contributed by atoms with E-state index in [9.17, 15) is 0 Å². The Hall–Kier alpha value is -0.120. The number of rotatable bonds is 0. The molecule has 0 aromatic carbocycles. The van der Waals surface area contributed by atoms with Crippen molar-refractivity contribution < 1.29 is 0 Å². The maximum atomic E-state index is 5.78. The first-order chi connectivity index (χ1) is 4.52. The highest BCUT2D eigenvalue weighted by molar-refractivity contribution is 4.84. The highest BCUT2D eigenvalue weighted by Crippen LogP contribution is 2.15. The van der Waals surface area contributed by atoms with Gasteiger partial charge in [0.15, 0.2) is 0 Å². The summed E-state index contributed by atoms with van der Waals surface area (Å²) in [7, 11) is 0. The highest BCUT2D eigenvalue weighted by atomic mass is 15.4. The van der Waals surface area contributed by atoms with Crippen LogP contribution in [-0.4, -0.2) is 29.8 Å². The standard InChI is InChI=1S/C7H17N3/c1-7(2,3)10-5-4-9-6(10)8/h6,9H,4-5,8H2,1-3H3. The van der Waals surface area contributed by atoms with Crippen molar-refractivity contribution in [3.63, 3.8) is 0 Å². The monoisotopic (exact) mass is 143 g/mol. The maximum Gasteiger partial charge on any atom is 0.112 e. The Balaban J connectivity index is 2.55. The van der Waals surface area contributed by atoms with E-state index in [1.807, 2.05) is 0 Å². The molecule has 0 aromatic heterocycles. The third kappa shape index (κ3) is 1.48. The smallest absolute Gasteiger partial charge is 0.112 e. The second-order valence-corrected chi connectivity index (χ2v) is 3.76. The van der Waals surface area contributed by atoms with E-state index in [2.05, 4.69) is 31.0 Å². The van der Waals surface area contributed by atoms with Gasteiger partial charge in [-0.25, -0.2) is 0 Å². The normalized spacial score (nSPS) is 29.4. The van der Waals surface area contributed by atoms with Crippen LogP contribution in [0.5, 0.6) is 0 Å². The highest BCUT2D eigenvalue weighted by Gasteiger charge is 2.29. The van der Waals surface area contributed by atoms with Crippen LogP contribution in [0.3, 0.4) is 0 Å². The second-order valence-electron chi connectivity index (χ2n) is 3.76. The molecule has 1 aliphatic rings. The van der Waals surface area contributed by atoms with Gasteiger partial charge < -0.3 is 5.73 Å². The molecule has 0 aliphatic carbocycles. The van der Waals surface area contributed by atoms with Gasteiger partial charge in [-0.3, -0.25) is 10.2 Å². The molecule has 0 radical (unpaired) electrons. The molecule has 3 N–H and O–H groups in total. The molecule has 0 bridgehead atoms. The molecule has 0 amide bonds. The summed E-state index contributed by atoms with van der Waals surface area (Å²) in [5.41, 5.74) is 5.98. The molecular weight excluding hydrogens is 126 g/mol. The number of hydrogen-bond donors (Lipinski definition) is 2. The van der Waals surface area contributed by atoms with Gasteiger partial charge in [-0.2, -0.15) is 0 Å². The molecule has 1 saturated heterocycles. The Morgan fingerprint density at radius 3 is 2.30 bits per heavy atom. The Labute approximate surface area is 62.6 Å². The summed E-state index contributed by atoms with van der Waals surface area (Å²) in [6, 6.07) is 0. The summed E-state index contributed by atoms with van der Waals surface area (Å²) in [5, 5.41) is 3.18. The van der Waals surface area contributed by atoms with E-state index in [1.165, 1.54) is 0 Å². The van der Waals surface area contributed by atoms with Gasteiger partial charge in [-0.05, 0) is 20.8 Å². The summed E-state index contributed by atoms with van der Waals surface area (Å²) in [4.78, 5) is 2.26. The second kappa shape index (κ2) is 2.49. The van der Waals surface area contributed by atoms with E-state index in [1.54, 1.807) is 0 Å². The lowest BCUT2D eigenvalue weighted by atomic mass is 10.1. The molecule has 3 nitrogen and oxygen atoms in total. The zero-order valence-electron chi connectivity index (χ0n) is 7.02. The minimum absolute atomic E-state index is 0.0556.